The minimum Gasteiger partial charge on any atom is -0.393 e. The van der Waals surface area contributed by atoms with E-state index in [-0.39, 0.29) is 6.10 Å². The van der Waals surface area contributed by atoms with Gasteiger partial charge in [0.2, 0.25) is 0 Å². The van der Waals surface area contributed by atoms with Crippen LogP contribution in [-0.2, 0) is 6.54 Å². The van der Waals surface area contributed by atoms with Crippen LogP contribution in [0.3, 0.4) is 0 Å². The van der Waals surface area contributed by atoms with Crippen molar-refractivity contribution in [3.05, 3.63) is 42.1 Å². The summed E-state index contributed by atoms with van der Waals surface area (Å²) in [5.74, 6) is 0. The van der Waals surface area contributed by atoms with Crippen LogP contribution in [0.4, 0.5) is 0 Å². The van der Waals surface area contributed by atoms with E-state index in [1.807, 2.05) is 24.4 Å². The Kier molecular flexibility index (Phi) is 4.50. The maximum atomic E-state index is 9.18. The molecule has 18 heavy (non-hydrogen) atoms. The number of nitrogens with zero attached hydrogens (tertiary/aromatic N) is 1. The maximum absolute atomic E-state index is 9.18. The summed E-state index contributed by atoms with van der Waals surface area (Å²) in [6.45, 7) is 3.36. The number of aliphatic hydroxyl groups is 1. The number of H-pyrrole nitrogens is 1. The smallest absolute Gasteiger partial charge is 0.0695 e. The van der Waals surface area contributed by atoms with Crippen molar-refractivity contribution in [2.24, 2.45) is 0 Å². The topological polar surface area (TPSA) is 60.9 Å². The lowest BCUT2D eigenvalue weighted by Gasteiger charge is -2.07. The highest BCUT2D eigenvalue weighted by Crippen LogP contribution is 2.20. The van der Waals surface area contributed by atoms with Crippen LogP contribution in [0.5, 0.6) is 0 Å². The lowest BCUT2D eigenvalue weighted by atomic mass is 10.1. The molecule has 2 aromatic rings. The van der Waals surface area contributed by atoms with Gasteiger partial charge in [-0.3, -0.25) is 5.10 Å². The Balaban J connectivity index is 1.96. The highest BCUT2D eigenvalue weighted by Gasteiger charge is 2.06. The highest BCUT2D eigenvalue weighted by atomic mass is 16.3. The zero-order chi connectivity index (χ0) is 12.8. The van der Waals surface area contributed by atoms with Crippen molar-refractivity contribution < 1.29 is 5.11 Å². The van der Waals surface area contributed by atoms with Crippen LogP contribution < -0.4 is 5.32 Å². The van der Waals surface area contributed by atoms with E-state index in [4.69, 9.17) is 0 Å². The second kappa shape index (κ2) is 6.33. The van der Waals surface area contributed by atoms with Crippen molar-refractivity contribution in [1.29, 1.82) is 0 Å². The lowest BCUT2D eigenvalue weighted by Crippen LogP contribution is -2.18. The molecule has 0 saturated carbocycles. The Morgan fingerprint density at radius 2 is 2.11 bits per heavy atom. The summed E-state index contributed by atoms with van der Waals surface area (Å²) >= 11 is 0. The zero-order valence-corrected chi connectivity index (χ0v) is 10.6. The van der Waals surface area contributed by atoms with Crippen LogP contribution in [0.25, 0.3) is 11.3 Å². The Hall–Kier alpha value is -1.65. The molecule has 4 heteroatoms. The molecule has 1 aromatic heterocycles. The average molecular weight is 245 g/mol. The molecule has 0 fully saturated rings. The standard InChI is InChI=1S/C14H19N3O/c1-11(18)7-8-15-9-13-10-16-17-14(13)12-5-3-2-4-6-12/h2-6,10-11,15,18H,7-9H2,1H3,(H,16,17). The summed E-state index contributed by atoms with van der Waals surface area (Å²) in [6.07, 6.45) is 2.35. The highest BCUT2D eigenvalue weighted by molar-refractivity contribution is 5.62. The van der Waals surface area contributed by atoms with Gasteiger partial charge in [0.25, 0.3) is 0 Å². The molecule has 0 amide bonds. The number of nitrogens with one attached hydrogen (secondary N) is 2. The lowest BCUT2D eigenvalue weighted by molar-refractivity contribution is 0.183. The first-order valence-electron chi connectivity index (χ1n) is 6.24. The summed E-state index contributed by atoms with van der Waals surface area (Å²) in [7, 11) is 0. The molecular formula is C14H19N3O. The normalized spacial score (nSPS) is 12.6. The Morgan fingerprint density at radius 3 is 2.83 bits per heavy atom. The predicted octanol–water partition coefficient (Wildman–Crippen LogP) is 1.94. The molecule has 1 unspecified atom stereocenters. The van der Waals surface area contributed by atoms with Gasteiger partial charge in [-0.2, -0.15) is 5.10 Å². The molecule has 1 heterocycles. The van der Waals surface area contributed by atoms with E-state index in [0.29, 0.717) is 0 Å². The minimum atomic E-state index is -0.254. The molecule has 3 N–H and O–H groups in total. The number of aromatic nitrogens is 2. The van der Waals surface area contributed by atoms with E-state index in [2.05, 4.69) is 27.6 Å². The van der Waals surface area contributed by atoms with E-state index in [1.54, 1.807) is 6.92 Å². The van der Waals surface area contributed by atoms with Crippen LogP contribution in [-0.4, -0.2) is 28.0 Å². The number of rotatable bonds is 6. The second-order valence-corrected chi connectivity index (χ2v) is 4.45. The largest absolute Gasteiger partial charge is 0.393 e. The quantitative estimate of drug-likeness (QED) is 0.682. The minimum absolute atomic E-state index is 0.254. The Bertz CT molecular complexity index is 465. The number of aromatic amines is 1. The molecule has 0 bridgehead atoms. The molecule has 0 radical (unpaired) electrons. The van der Waals surface area contributed by atoms with Gasteiger partial charge in [0.15, 0.2) is 0 Å². The van der Waals surface area contributed by atoms with Crippen molar-refractivity contribution in [3.63, 3.8) is 0 Å². The molecule has 0 aliphatic carbocycles. The molecule has 0 spiro atoms. The third-order valence-corrected chi connectivity index (χ3v) is 2.83. The predicted molar refractivity (Wildman–Crippen MR) is 72.0 cm³/mol. The summed E-state index contributed by atoms with van der Waals surface area (Å²) in [6, 6.07) is 10.2. The van der Waals surface area contributed by atoms with Crippen LogP contribution >= 0.6 is 0 Å². The van der Waals surface area contributed by atoms with Crippen LogP contribution in [0.15, 0.2) is 36.5 Å². The molecule has 4 nitrogen and oxygen atoms in total. The van der Waals surface area contributed by atoms with Gasteiger partial charge in [0, 0.05) is 12.1 Å². The van der Waals surface area contributed by atoms with E-state index in [9.17, 15) is 5.11 Å². The maximum Gasteiger partial charge on any atom is 0.0695 e. The van der Waals surface area contributed by atoms with Crippen molar-refractivity contribution in [2.75, 3.05) is 6.54 Å². The van der Waals surface area contributed by atoms with E-state index >= 15 is 0 Å². The van der Waals surface area contributed by atoms with E-state index in [0.717, 1.165) is 36.3 Å². The molecule has 0 aliphatic heterocycles. The monoisotopic (exact) mass is 245 g/mol. The summed E-state index contributed by atoms with van der Waals surface area (Å²) < 4.78 is 0. The fourth-order valence-electron chi connectivity index (χ4n) is 1.83. The second-order valence-electron chi connectivity index (χ2n) is 4.45. The third-order valence-electron chi connectivity index (χ3n) is 2.83. The van der Waals surface area contributed by atoms with Crippen LogP contribution in [0.2, 0.25) is 0 Å². The summed E-state index contributed by atoms with van der Waals surface area (Å²) in [5.41, 5.74) is 3.34. The zero-order valence-electron chi connectivity index (χ0n) is 10.6. The van der Waals surface area contributed by atoms with Gasteiger partial charge < -0.3 is 10.4 Å². The van der Waals surface area contributed by atoms with Gasteiger partial charge in [-0.15, -0.1) is 0 Å². The molecule has 0 aliphatic rings. The molecule has 2 rings (SSSR count). The number of hydrogen-bond acceptors (Lipinski definition) is 3. The SMILES string of the molecule is CC(O)CCNCc1cn[nH]c1-c1ccccc1. The molecule has 1 atom stereocenters. The van der Waals surface area contributed by atoms with Crippen LogP contribution in [0, 0.1) is 0 Å². The third kappa shape index (κ3) is 3.42. The first-order chi connectivity index (χ1) is 8.77. The van der Waals surface area contributed by atoms with Crippen LogP contribution in [0.1, 0.15) is 18.9 Å². The van der Waals surface area contributed by atoms with Gasteiger partial charge in [-0.1, -0.05) is 30.3 Å². The Labute approximate surface area is 107 Å². The number of benzene rings is 1. The first kappa shape index (κ1) is 12.8. The summed E-state index contributed by atoms with van der Waals surface area (Å²) in [5, 5.41) is 19.6. The molecule has 0 saturated heterocycles. The van der Waals surface area contributed by atoms with Gasteiger partial charge in [-0.25, -0.2) is 0 Å². The molecule has 96 valence electrons. The number of aliphatic hydroxyl groups excluding tert-OH is 1. The fourth-order valence-corrected chi connectivity index (χ4v) is 1.83. The van der Waals surface area contributed by atoms with Gasteiger partial charge >= 0.3 is 0 Å². The van der Waals surface area contributed by atoms with Crippen molar-refractivity contribution in [3.8, 4) is 11.3 Å². The van der Waals surface area contributed by atoms with E-state index in [1.165, 1.54) is 0 Å². The summed E-state index contributed by atoms with van der Waals surface area (Å²) in [4.78, 5) is 0. The number of hydrogen-bond donors (Lipinski definition) is 3. The fraction of sp³-hybridized carbons (Fsp3) is 0.357. The Morgan fingerprint density at radius 1 is 1.33 bits per heavy atom. The van der Waals surface area contributed by atoms with Crippen molar-refractivity contribution in [2.45, 2.75) is 26.0 Å². The van der Waals surface area contributed by atoms with Gasteiger partial charge in [-0.05, 0) is 25.5 Å². The molecular weight excluding hydrogens is 226 g/mol. The van der Waals surface area contributed by atoms with Gasteiger partial charge in [0.05, 0.1) is 18.0 Å². The van der Waals surface area contributed by atoms with Gasteiger partial charge in [0.1, 0.15) is 0 Å². The van der Waals surface area contributed by atoms with Crippen molar-refractivity contribution in [1.82, 2.24) is 15.5 Å². The molecule has 1 aromatic carbocycles. The van der Waals surface area contributed by atoms with E-state index < -0.39 is 0 Å². The first-order valence-corrected chi connectivity index (χ1v) is 6.24. The average Bonchev–Trinajstić information content (AvgIpc) is 2.84. The van der Waals surface area contributed by atoms with Crippen molar-refractivity contribution >= 4 is 0 Å².